The summed E-state index contributed by atoms with van der Waals surface area (Å²) in [6.07, 6.45) is 0.517. The van der Waals surface area contributed by atoms with Crippen molar-refractivity contribution in [2.75, 3.05) is 46.3 Å². The van der Waals surface area contributed by atoms with E-state index in [4.69, 9.17) is 0 Å². The van der Waals surface area contributed by atoms with E-state index in [1.807, 2.05) is 30.3 Å². The molecular formula is C24H30FN3O2. The summed E-state index contributed by atoms with van der Waals surface area (Å²) in [5, 5.41) is 11.8. The van der Waals surface area contributed by atoms with Gasteiger partial charge in [-0.15, -0.1) is 0 Å². The van der Waals surface area contributed by atoms with E-state index >= 15 is 0 Å². The lowest BCUT2D eigenvalue weighted by Crippen LogP contribution is -2.64. The van der Waals surface area contributed by atoms with Gasteiger partial charge in [0.15, 0.2) is 0 Å². The summed E-state index contributed by atoms with van der Waals surface area (Å²) in [5.41, 5.74) is 0.309. The molecule has 160 valence electrons. The zero-order valence-corrected chi connectivity index (χ0v) is 17.5. The Hall–Kier alpha value is -2.28. The molecule has 1 N–H and O–H groups in total. The Balaban J connectivity index is 1.56. The van der Waals surface area contributed by atoms with Gasteiger partial charge >= 0.3 is 0 Å². The average Bonchev–Trinajstić information content (AvgIpc) is 2.77. The van der Waals surface area contributed by atoms with Crippen LogP contribution < -0.4 is 0 Å². The highest BCUT2D eigenvalue weighted by Crippen LogP contribution is 2.36. The number of hydrogen-bond donors (Lipinski definition) is 1. The summed E-state index contributed by atoms with van der Waals surface area (Å²) >= 11 is 0. The number of halogens is 1. The van der Waals surface area contributed by atoms with Gasteiger partial charge in [-0.05, 0) is 30.7 Å². The number of carbonyl (C=O) groups is 1. The molecule has 2 aliphatic rings. The fourth-order valence-corrected chi connectivity index (χ4v) is 4.68. The summed E-state index contributed by atoms with van der Waals surface area (Å²) in [4.78, 5) is 19.4. The maximum atomic E-state index is 14.0. The zero-order chi connectivity index (χ0) is 21.1. The van der Waals surface area contributed by atoms with Crippen LogP contribution in [0.5, 0.6) is 0 Å². The Labute approximate surface area is 177 Å². The van der Waals surface area contributed by atoms with Crippen molar-refractivity contribution in [1.29, 1.82) is 0 Å². The summed E-state index contributed by atoms with van der Waals surface area (Å²) < 4.78 is 14.0. The first-order chi connectivity index (χ1) is 14.5. The van der Waals surface area contributed by atoms with Gasteiger partial charge in [-0.2, -0.15) is 0 Å². The molecule has 2 saturated heterocycles. The van der Waals surface area contributed by atoms with Crippen LogP contribution in [0.15, 0.2) is 54.6 Å². The topological polar surface area (TPSA) is 47.0 Å². The first-order valence-corrected chi connectivity index (χ1v) is 10.7. The van der Waals surface area contributed by atoms with Crippen molar-refractivity contribution in [3.05, 3.63) is 71.5 Å². The molecule has 0 radical (unpaired) electrons. The van der Waals surface area contributed by atoms with Crippen molar-refractivity contribution in [3.8, 4) is 0 Å². The second kappa shape index (κ2) is 8.84. The maximum Gasteiger partial charge on any atom is 0.227 e. The van der Waals surface area contributed by atoms with Crippen molar-refractivity contribution in [1.82, 2.24) is 14.7 Å². The highest BCUT2D eigenvalue weighted by molar-refractivity contribution is 5.79. The summed E-state index contributed by atoms with van der Waals surface area (Å²) in [7, 11) is 2.10. The molecule has 30 heavy (non-hydrogen) atoms. The summed E-state index contributed by atoms with van der Waals surface area (Å²) in [6, 6.07) is 16.0. The van der Waals surface area contributed by atoms with Crippen molar-refractivity contribution in [3.63, 3.8) is 0 Å². The molecule has 6 heteroatoms. The summed E-state index contributed by atoms with van der Waals surface area (Å²) in [6.45, 7) is 4.48. The molecule has 0 unspecified atom stereocenters. The molecule has 2 aliphatic heterocycles. The second-order valence-electron chi connectivity index (χ2n) is 8.50. The number of rotatable bonds is 4. The van der Waals surface area contributed by atoms with Gasteiger partial charge in [0.1, 0.15) is 11.4 Å². The van der Waals surface area contributed by atoms with E-state index in [1.54, 1.807) is 23.1 Å². The van der Waals surface area contributed by atoms with E-state index in [0.717, 1.165) is 31.7 Å². The van der Waals surface area contributed by atoms with E-state index in [9.17, 15) is 14.3 Å². The predicted octanol–water partition coefficient (Wildman–Crippen LogP) is 2.10. The van der Waals surface area contributed by atoms with Gasteiger partial charge in [0.05, 0.1) is 12.5 Å². The van der Waals surface area contributed by atoms with Crippen molar-refractivity contribution < 1.29 is 14.3 Å². The SMILES string of the molecule is CN1CCN([C@@H]2CN(C(=O)Cc3ccccc3F)CC[C@]2(O)c2ccccc2)CC1. The van der Waals surface area contributed by atoms with Gasteiger partial charge in [0, 0.05) is 39.3 Å². The third-order valence-corrected chi connectivity index (χ3v) is 6.61. The van der Waals surface area contributed by atoms with Crippen LogP contribution in [0.2, 0.25) is 0 Å². The minimum absolute atomic E-state index is 0.0475. The smallest absolute Gasteiger partial charge is 0.227 e. The molecule has 5 nitrogen and oxygen atoms in total. The lowest BCUT2D eigenvalue weighted by molar-refractivity contribution is -0.144. The molecule has 0 aliphatic carbocycles. The van der Waals surface area contributed by atoms with Crippen LogP contribution >= 0.6 is 0 Å². The van der Waals surface area contributed by atoms with Crippen LogP contribution in [0, 0.1) is 5.82 Å². The third-order valence-electron chi connectivity index (χ3n) is 6.61. The van der Waals surface area contributed by atoms with E-state index in [2.05, 4.69) is 16.8 Å². The van der Waals surface area contributed by atoms with Crippen LogP contribution in [0.25, 0.3) is 0 Å². The quantitative estimate of drug-likeness (QED) is 0.837. The van der Waals surface area contributed by atoms with Crippen LogP contribution in [-0.2, 0) is 16.8 Å². The minimum atomic E-state index is -1.01. The van der Waals surface area contributed by atoms with E-state index < -0.39 is 5.60 Å². The Morgan fingerprint density at radius 1 is 1.03 bits per heavy atom. The third kappa shape index (κ3) is 4.26. The Bertz CT molecular complexity index is 870. The molecule has 2 aromatic carbocycles. The lowest BCUT2D eigenvalue weighted by Gasteiger charge is -2.51. The first-order valence-electron chi connectivity index (χ1n) is 10.7. The fourth-order valence-electron chi connectivity index (χ4n) is 4.68. The van der Waals surface area contributed by atoms with Crippen molar-refractivity contribution in [2.45, 2.75) is 24.5 Å². The van der Waals surface area contributed by atoms with E-state index in [1.165, 1.54) is 6.07 Å². The van der Waals surface area contributed by atoms with Crippen LogP contribution in [0.1, 0.15) is 17.5 Å². The number of carbonyl (C=O) groups excluding carboxylic acids is 1. The van der Waals surface area contributed by atoms with Gasteiger partial charge in [-0.1, -0.05) is 48.5 Å². The minimum Gasteiger partial charge on any atom is -0.383 e. The van der Waals surface area contributed by atoms with Crippen molar-refractivity contribution >= 4 is 5.91 Å². The van der Waals surface area contributed by atoms with Gasteiger partial charge in [0.25, 0.3) is 0 Å². The molecule has 0 spiro atoms. The number of nitrogens with zero attached hydrogens (tertiary/aromatic N) is 3. The molecule has 0 aromatic heterocycles. The molecule has 2 heterocycles. The number of amides is 1. The number of aliphatic hydroxyl groups is 1. The first kappa shape index (κ1) is 21.0. The van der Waals surface area contributed by atoms with Crippen LogP contribution in [-0.4, -0.2) is 78.1 Å². The van der Waals surface area contributed by atoms with Gasteiger partial charge < -0.3 is 14.9 Å². The second-order valence-corrected chi connectivity index (χ2v) is 8.50. The monoisotopic (exact) mass is 411 g/mol. The number of likely N-dealkylation sites (tertiary alicyclic amines) is 1. The molecule has 1 amide bonds. The van der Waals surface area contributed by atoms with E-state index in [-0.39, 0.29) is 24.2 Å². The highest BCUT2D eigenvalue weighted by Gasteiger charge is 2.47. The number of benzene rings is 2. The number of hydrogen-bond acceptors (Lipinski definition) is 4. The fraction of sp³-hybridized carbons (Fsp3) is 0.458. The predicted molar refractivity (Wildman–Crippen MR) is 114 cm³/mol. The molecule has 2 fully saturated rings. The Kier molecular flexibility index (Phi) is 6.18. The summed E-state index contributed by atoms with van der Waals surface area (Å²) in [5.74, 6) is -0.436. The Morgan fingerprint density at radius 3 is 2.40 bits per heavy atom. The molecule has 0 saturated carbocycles. The van der Waals surface area contributed by atoms with Gasteiger partial charge in [-0.25, -0.2) is 4.39 Å². The standard InChI is InChI=1S/C24H30FN3O2/c1-26-13-15-27(16-14-26)22-18-28(23(29)17-19-7-5-6-10-21(19)25)12-11-24(22,30)20-8-3-2-4-9-20/h2-10,22,30H,11-18H2,1H3/t22-,24+/m1/s1. The largest absolute Gasteiger partial charge is 0.383 e. The lowest BCUT2D eigenvalue weighted by atomic mass is 9.79. The van der Waals surface area contributed by atoms with Gasteiger partial charge in [0.2, 0.25) is 5.91 Å². The normalized spacial score (nSPS) is 26.0. The number of piperidine rings is 1. The zero-order valence-electron chi connectivity index (χ0n) is 17.5. The van der Waals surface area contributed by atoms with Crippen molar-refractivity contribution in [2.24, 2.45) is 0 Å². The maximum absolute atomic E-state index is 14.0. The van der Waals surface area contributed by atoms with Gasteiger partial charge in [-0.3, -0.25) is 9.69 Å². The molecule has 0 bridgehead atoms. The molecule has 2 atom stereocenters. The van der Waals surface area contributed by atoms with Crippen LogP contribution in [0.3, 0.4) is 0 Å². The molecule has 4 rings (SSSR count). The Morgan fingerprint density at radius 2 is 1.70 bits per heavy atom. The number of piperazine rings is 1. The highest BCUT2D eigenvalue weighted by atomic mass is 19.1. The number of likely N-dealkylation sites (N-methyl/N-ethyl adjacent to an activating group) is 1. The van der Waals surface area contributed by atoms with E-state index in [0.29, 0.717) is 25.1 Å². The molecule has 2 aromatic rings. The average molecular weight is 412 g/mol. The molecular weight excluding hydrogens is 381 g/mol. The van der Waals surface area contributed by atoms with Crippen LogP contribution in [0.4, 0.5) is 4.39 Å².